The predicted octanol–water partition coefficient (Wildman–Crippen LogP) is 1.17. The molecule has 36 heavy (non-hydrogen) atoms. The number of primary amides is 1. The highest BCUT2D eigenvalue weighted by Crippen LogP contribution is 2.34. The van der Waals surface area contributed by atoms with Crippen LogP contribution in [0.25, 0.3) is 0 Å². The zero-order valence-electron chi connectivity index (χ0n) is 19.5. The summed E-state index contributed by atoms with van der Waals surface area (Å²) in [5.74, 6) is -5.73. The average Bonchev–Trinajstić information content (AvgIpc) is 3.19. The summed E-state index contributed by atoms with van der Waals surface area (Å²) in [6.07, 6.45) is -1.50. The maximum absolute atomic E-state index is 14.6. The summed E-state index contributed by atoms with van der Waals surface area (Å²) in [6.45, 7) is 0.264. The molecule has 1 fully saturated rings. The molecule has 0 bridgehead atoms. The molecule has 3 unspecified atom stereocenters. The Morgan fingerprint density at radius 3 is 2.61 bits per heavy atom. The highest BCUT2D eigenvalue weighted by molar-refractivity contribution is 6.14. The average molecular weight is 505 g/mol. The third-order valence-corrected chi connectivity index (χ3v) is 6.36. The van der Waals surface area contributed by atoms with Crippen molar-refractivity contribution in [3.63, 3.8) is 0 Å². The number of methoxy groups -OCH3 is 1. The van der Waals surface area contributed by atoms with Crippen LogP contribution in [0.4, 0.5) is 13.2 Å². The van der Waals surface area contributed by atoms with E-state index in [0.29, 0.717) is 11.1 Å². The topological polar surface area (TPSA) is 135 Å². The van der Waals surface area contributed by atoms with E-state index in [1.54, 1.807) is 24.3 Å². The van der Waals surface area contributed by atoms with E-state index >= 15 is 0 Å². The number of nitrogens with one attached hydrogen (secondary N) is 2. The van der Waals surface area contributed by atoms with Gasteiger partial charge in [-0.3, -0.25) is 14.6 Å². The lowest BCUT2D eigenvalue weighted by atomic mass is 9.93. The highest BCUT2D eigenvalue weighted by Gasteiger charge is 2.51. The van der Waals surface area contributed by atoms with Crippen LogP contribution in [0, 0.1) is 11.7 Å². The summed E-state index contributed by atoms with van der Waals surface area (Å²) in [5.41, 5.74) is 13.2. The lowest BCUT2D eigenvalue weighted by Crippen LogP contribution is -2.60. The maximum atomic E-state index is 14.6. The number of hydrazone groups is 1. The Kier molecular flexibility index (Phi) is 7.18. The molecule has 0 radical (unpaired) electrons. The van der Waals surface area contributed by atoms with E-state index in [4.69, 9.17) is 16.2 Å². The van der Waals surface area contributed by atoms with Crippen molar-refractivity contribution in [1.82, 2.24) is 15.6 Å². The van der Waals surface area contributed by atoms with Crippen molar-refractivity contribution < 1.29 is 27.5 Å². The van der Waals surface area contributed by atoms with Gasteiger partial charge in [-0.05, 0) is 29.3 Å². The number of halogens is 3. The van der Waals surface area contributed by atoms with Gasteiger partial charge in [0, 0.05) is 26.1 Å². The first-order chi connectivity index (χ1) is 17.1. The van der Waals surface area contributed by atoms with Gasteiger partial charge in [0.05, 0.1) is 18.4 Å². The Morgan fingerprint density at radius 1 is 1.25 bits per heavy atom. The molecule has 192 valence electrons. The van der Waals surface area contributed by atoms with Gasteiger partial charge in [0.1, 0.15) is 29.7 Å². The minimum atomic E-state index is -3.03. The van der Waals surface area contributed by atoms with E-state index in [1.165, 1.54) is 19.2 Å². The van der Waals surface area contributed by atoms with Crippen LogP contribution in [0.2, 0.25) is 0 Å². The smallest absolute Gasteiger partial charge is 0.272 e. The van der Waals surface area contributed by atoms with Gasteiger partial charge in [0.2, 0.25) is 5.91 Å². The van der Waals surface area contributed by atoms with Crippen LogP contribution in [0.15, 0.2) is 47.6 Å². The number of nitrogens with zero attached hydrogens (tertiary/aromatic N) is 2. The molecule has 4 rings (SSSR count). The largest absolute Gasteiger partial charge is 0.496 e. The van der Waals surface area contributed by atoms with Crippen LogP contribution in [0.5, 0.6) is 5.75 Å². The minimum absolute atomic E-state index is 0.0301. The van der Waals surface area contributed by atoms with Gasteiger partial charge in [0.25, 0.3) is 11.8 Å². The van der Waals surface area contributed by atoms with Crippen molar-refractivity contribution in [2.75, 3.05) is 20.2 Å². The monoisotopic (exact) mass is 504 g/mol. The molecule has 12 heteroatoms. The molecule has 0 saturated carbocycles. The summed E-state index contributed by atoms with van der Waals surface area (Å²) in [4.78, 5) is 24.7. The molecule has 2 heterocycles. The predicted molar refractivity (Wildman–Crippen MR) is 126 cm³/mol. The Morgan fingerprint density at radius 2 is 1.97 bits per heavy atom. The molecule has 3 atom stereocenters. The summed E-state index contributed by atoms with van der Waals surface area (Å²) < 4.78 is 47.8. The molecule has 2 aliphatic rings. The molecule has 2 aliphatic heterocycles. The van der Waals surface area contributed by atoms with Crippen LogP contribution >= 0.6 is 0 Å². The van der Waals surface area contributed by atoms with E-state index in [-0.39, 0.29) is 43.1 Å². The van der Waals surface area contributed by atoms with Crippen molar-refractivity contribution in [2.45, 2.75) is 31.1 Å². The second-order valence-corrected chi connectivity index (χ2v) is 8.69. The fourth-order valence-corrected chi connectivity index (χ4v) is 4.41. The molecular formula is C24H27F3N6O3. The van der Waals surface area contributed by atoms with E-state index < -0.39 is 41.7 Å². The van der Waals surface area contributed by atoms with E-state index in [2.05, 4.69) is 15.7 Å². The van der Waals surface area contributed by atoms with Crippen LogP contribution in [-0.4, -0.2) is 60.9 Å². The van der Waals surface area contributed by atoms with Crippen LogP contribution < -0.4 is 26.8 Å². The number of alkyl halides is 2. The van der Waals surface area contributed by atoms with Crippen LogP contribution in [-0.2, 0) is 11.3 Å². The molecule has 2 aromatic rings. The summed E-state index contributed by atoms with van der Waals surface area (Å²) in [7, 11) is 1.38. The van der Waals surface area contributed by atoms with E-state index in [0.717, 1.165) is 11.1 Å². The van der Waals surface area contributed by atoms with Crippen molar-refractivity contribution in [1.29, 1.82) is 0 Å². The van der Waals surface area contributed by atoms with Crippen molar-refractivity contribution in [3.05, 3.63) is 65.0 Å². The normalized spacial score (nSPS) is 23.2. The second-order valence-electron chi connectivity index (χ2n) is 8.69. The number of amides is 2. The van der Waals surface area contributed by atoms with Crippen LogP contribution in [0.3, 0.4) is 0 Å². The summed E-state index contributed by atoms with van der Waals surface area (Å²) >= 11 is 0. The third-order valence-electron chi connectivity index (χ3n) is 6.36. The number of hydrogen-bond donors (Lipinski definition) is 4. The van der Waals surface area contributed by atoms with Gasteiger partial charge in [0.15, 0.2) is 0 Å². The Labute approximate surface area is 205 Å². The number of rotatable bonds is 7. The quantitative estimate of drug-likeness (QED) is 0.447. The van der Waals surface area contributed by atoms with E-state index in [9.17, 15) is 22.8 Å². The number of piperidine rings is 1. The summed E-state index contributed by atoms with van der Waals surface area (Å²) in [5, 5.41) is 11.0. The van der Waals surface area contributed by atoms with Gasteiger partial charge < -0.3 is 26.8 Å². The SMILES string of the molecule is COc1ccc(F)cc1C(=O)NCc1ccc(C2=NN(C3CNCCC3(F)F)C(N)C2C(N)=O)cc1. The van der Waals surface area contributed by atoms with E-state index in [1.807, 2.05) is 0 Å². The Balaban J connectivity index is 1.51. The number of hydrogen-bond acceptors (Lipinski definition) is 7. The van der Waals surface area contributed by atoms with Gasteiger partial charge in [-0.25, -0.2) is 13.2 Å². The molecule has 0 spiro atoms. The highest BCUT2D eigenvalue weighted by atomic mass is 19.3. The van der Waals surface area contributed by atoms with Crippen molar-refractivity contribution in [2.24, 2.45) is 22.5 Å². The lowest BCUT2D eigenvalue weighted by Gasteiger charge is -2.39. The van der Waals surface area contributed by atoms with Gasteiger partial charge >= 0.3 is 0 Å². The fraction of sp³-hybridized carbons (Fsp3) is 0.375. The molecular weight excluding hydrogens is 477 g/mol. The lowest BCUT2D eigenvalue weighted by molar-refractivity contribution is -0.126. The standard InChI is InChI=1S/C24H27F3N6O3/c1-36-17-7-6-15(25)10-16(17)23(35)31-11-13-2-4-14(5-3-13)20-19(22(29)34)21(28)33(32-20)18-12-30-9-8-24(18,26)27/h2-7,10,18-19,21,30H,8-9,11-12,28H2,1H3,(H2,29,34)(H,31,35). The minimum Gasteiger partial charge on any atom is -0.496 e. The molecule has 9 nitrogen and oxygen atoms in total. The zero-order chi connectivity index (χ0) is 26.0. The van der Waals surface area contributed by atoms with Gasteiger partial charge in [-0.15, -0.1) is 0 Å². The van der Waals surface area contributed by atoms with Gasteiger partial charge in [-0.1, -0.05) is 24.3 Å². The summed E-state index contributed by atoms with van der Waals surface area (Å²) in [6, 6.07) is 8.99. The Bertz CT molecular complexity index is 1170. The number of benzene rings is 2. The molecule has 2 aromatic carbocycles. The Hall–Kier alpha value is -3.64. The van der Waals surface area contributed by atoms with Crippen LogP contribution in [0.1, 0.15) is 27.9 Å². The number of carbonyl (C=O) groups excluding carboxylic acids is 2. The molecule has 2 amide bonds. The molecule has 0 aromatic heterocycles. The first kappa shape index (κ1) is 25.5. The van der Waals surface area contributed by atoms with Crippen molar-refractivity contribution >= 4 is 17.5 Å². The fourth-order valence-electron chi connectivity index (χ4n) is 4.41. The maximum Gasteiger partial charge on any atom is 0.272 e. The van der Waals surface area contributed by atoms with Crippen molar-refractivity contribution in [3.8, 4) is 5.75 Å². The third kappa shape index (κ3) is 5.00. The number of ether oxygens (including phenoxy) is 1. The number of carbonyl (C=O) groups is 2. The first-order valence-electron chi connectivity index (χ1n) is 11.3. The zero-order valence-corrected chi connectivity index (χ0v) is 19.5. The second kappa shape index (κ2) is 10.2. The van der Waals surface area contributed by atoms with Gasteiger partial charge in [-0.2, -0.15) is 5.10 Å². The molecule has 6 N–H and O–H groups in total. The molecule has 1 saturated heterocycles. The number of nitrogens with two attached hydrogens (primary N) is 2. The first-order valence-corrected chi connectivity index (χ1v) is 11.3. The molecule has 0 aliphatic carbocycles.